The molecule has 0 saturated heterocycles. The molecule has 0 aliphatic heterocycles. The van der Waals surface area contributed by atoms with Gasteiger partial charge in [0.2, 0.25) is 5.91 Å². The minimum absolute atomic E-state index is 0.147. The number of methoxy groups -OCH3 is 1. The average Bonchev–Trinajstić information content (AvgIpc) is 3.02. The number of hydrogen-bond donors (Lipinski definition) is 1. The van der Waals surface area contributed by atoms with Gasteiger partial charge in [0.25, 0.3) is 5.56 Å². The van der Waals surface area contributed by atoms with Gasteiger partial charge >= 0.3 is 0 Å². The van der Waals surface area contributed by atoms with Gasteiger partial charge < -0.3 is 14.6 Å². The van der Waals surface area contributed by atoms with Crippen LogP contribution in [-0.2, 0) is 24.9 Å². The quantitative estimate of drug-likeness (QED) is 0.579. The maximum atomic E-state index is 12.9. The summed E-state index contributed by atoms with van der Waals surface area (Å²) in [5.74, 6) is 0.411. The standard InChI is InChI=1S/C21H20N4O3/c1-24-17-9-5-4-8-15(17)16-12-23-25(21(27)20(16)24)13-19(26)22-11-14-7-3-6-10-18(14)28-2/h3-10,12H,11,13H2,1-2H3,(H,22,26). The highest BCUT2D eigenvalue weighted by molar-refractivity contribution is 6.07. The minimum Gasteiger partial charge on any atom is -0.496 e. The Kier molecular flexibility index (Phi) is 4.57. The third-order valence-electron chi connectivity index (χ3n) is 4.87. The minimum atomic E-state index is -0.293. The number of hydrogen-bond acceptors (Lipinski definition) is 4. The van der Waals surface area contributed by atoms with Gasteiger partial charge in [0.05, 0.1) is 13.3 Å². The number of aromatic nitrogens is 3. The Hall–Kier alpha value is -3.61. The molecular weight excluding hydrogens is 356 g/mol. The molecule has 7 nitrogen and oxygen atoms in total. The number of para-hydroxylation sites is 2. The van der Waals surface area contributed by atoms with Crippen molar-refractivity contribution in [3.05, 3.63) is 70.6 Å². The highest BCUT2D eigenvalue weighted by Crippen LogP contribution is 2.24. The van der Waals surface area contributed by atoms with Crippen LogP contribution in [0.4, 0.5) is 0 Å². The number of amides is 1. The van der Waals surface area contributed by atoms with Crippen molar-refractivity contribution in [2.24, 2.45) is 7.05 Å². The van der Waals surface area contributed by atoms with Crippen molar-refractivity contribution >= 4 is 27.7 Å². The van der Waals surface area contributed by atoms with Gasteiger partial charge in [-0.25, -0.2) is 4.68 Å². The number of rotatable bonds is 5. The lowest BCUT2D eigenvalue weighted by atomic mass is 10.2. The maximum Gasteiger partial charge on any atom is 0.291 e. The van der Waals surface area contributed by atoms with Crippen molar-refractivity contribution in [1.29, 1.82) is 0 Å². The second kappa shape index (κ2) is 7.19. The van der Waals surface area contributed by atoms with Crippen molar-refractivity contribution in [2.75, 3.05) is 7.11 Å². The van der Waals surface area contributed by atoms with Gasteiger partial charge in [-0.1, -0.05) is 36.4 Å². The van der Waals surface area contributed by atoms with Crippen molar-refractivity contribution in [3.8, 4) is 5.75 Å². The number of aryl methyl sites for hydroxylation is 1. The SMILES string of the molecule is COc1ccccc1CNC(=O)Cn1ncc2c3ccccc3n(C)c2c1=O. The number of fused-ring (bicyclic) bond motifs is 3. The molecule has 28 heavy (non-hydrogen) atoms. The molecule has 0 bridgehead atoms. The van der Waals surface area contributed by atoms with Gasteiger partial charge in [-0.2, -0.15) is 5.10 Å². The predicted molar refractivity (Wildman–Crippen MR) is 107 cm³/mol. The summed E-state index contributed by atoms with van der Waals surface area (Å²) in [5.41, 5.74) is 2.06. The van der Waals surface area contributed by atoms with Gasteiger partial charge in [0, 0.05) is 35.4 Å². The molecule has 0 aliphatic rings. The van der Waals surface area contributed by atoms with Crippen LogP contribution < -0.4 is 15.6 Å². The Balaban J connectivity index is 1.59. The van der Waals surface area contributed by atoms with E-state index in [2.05, 4.69) is 10.4 Å². The smallest absolute Gasteiger partial charge is 0.291 e. The first-order valence-electron chi connectivity index (χ1n) is 8.92. The van der Waals surface area contributed by atoms with Gasteiger partial charge in [-0.3, -0.25) is 9.59 Å². The van der Waals surface area contributed by atoms with Crippen LogP contribution in [0.1, 0.15) is 5.56 Å². The van der Waals surface area contributed by atoms with Crippen LogP contribution in [0.5, 0.6) is 5.75 Å². The summed E-state index contributed by atoms with van der Waals surface area (Å²) in [7, 11) is 3.43. The van der Waals surface area contributed by atoms with Gasteiger partial charge in [0.15, 0.2) is 0 Å². The second-order valence-electron chi connectivity index (χ2n) is 6.53. The second-order valence-corrected chi connectivity index (χ2v) is 6.53. The first kappa shape index (κ1) is 17.8. The van der Waals surface area contributed by atoms with Gasteiger partial charge in [-0.15, -0.1) is 0 Å². The molecule has 0 saturated carbocycles. The fourth-order valence-corrected chi connectivity index (χ4v) is 3.46. The maximum absolute atomic E-state index is 12.9. The Morgan fingerprint density at radius 2 is 1.86 bits per heavy atom. The molecule has 4 aromatic rings. The van der Waals surface area contributed by atoms with E-state index in [9.17, 15) is 9.59 Å². The Bertz CT molecular complexity index is 1240. The zero-order valence-electron chi connectivity index (χ0n) is 15.7. The fraction of sp³-hybridized carbons (Fsp3) is 0.190. The van der Waals surface area contributed by atoms with E-state index in [1.54, 1.807) is 13.3 Å². The van der Waals surface area contributed by atoms with E-state index in [-0.39, 0.29) is 18.0 Å². The molecule has 0 radical (unpaired) electrons. The molecule has 142 valence electrons. The molecule has 1 N–H and O–H groups in total. The molecule has 0 fully saturated rings. The highest BCUT2D eigenvalue weighted by Gasteiger charge is 2.15. The van der Waals surface area contributed by atoms with Crippen molar-refractivity contribution in [2.45, 2.75) is 13.1 Å². The number of benzene rings is 2. The number of nitrogens with one attached hydrogen (secondary N) is 1. The molecule has 0 atom stereocenters. The van der Waals surface area contributed by atoms with Crippen LogP contribution >= 0.6 is 0 Å². The monoisotopic (exact) mass is 376 g/mol. The summed E-state index contributed by atoms with van der Waals surface area (Å²) in [4.78, 5) is 25.3. The van der Waals surface area contributed by atoms with E-state index in [1.807, 2.05) is 60.1 Å². The first-order chi connectivity index (χ1) is 13.6. The van der Waals surface area contributed by atoms with E-state index < -0.39 is 0 Å². The van der Waals surface area contributed by atoms with Crippen LogP contribution in [0.2, 0.25) is 0 Å². The summed E-state index contributed by atoms with van der Waals surface area (Å²) in [6.07, 6.45) is 1.65. The van der Waals surface area contributed by atoms with E-state index in [0.29, 0.717) is 17.8 Å². The van der Waals surface area contributed by atoms with Crippen LogP contribution in [0.3, 0.4) is 0 Å². The van der Waals surface area contributed by atoms with E-state index in [1.165, 1.54) is 4.68 Å². The third kappa shape index (κ3) is 3.00. The summed E-state index contributed by atoms with van der Waals surface area (Å²) in [6.45, 7) is 0.166. The van der Waals surface area contributed by atoms with Crippen molar-refractivity contribution in [1.82, 2.24) is 19.7 Å². The predicted octanol–water partition coefficient (Wildman–Crippen LogP) is 2.21. The average molecular weight is 376 g/mol. The number of carbonyl (C=O) groups excluding carboxylic acids is 1. The van der Waals surface area contributed by atoms with Crippen LogP contribution in [0.15, 0.2) is 59.5 Å². The third-order valence-corrected chi connectivity index (χ3v) is 4.87. The lowest BCUT2D eigenvalue weighted by Gasteiger charge is -2.10. The molecule has 0 unspecified atom stereocenters. The Labute approximate surface area is 161 Å². The fourth-order valence-electron chi connectivity index (χ4n) is 3.46. The van der Waals surface area contributed by atoms with Crippen LogP contribution in [0, 0.1) is 0 Å². The lowest BCUT2D eigenvalue weighted by molar-refractivity contribution is -0.122. The summed E-state index contributed by atoms with van der Waals surface area (Å²) in [6, 6.07) is 15.2. The molecule has 0 spiro atoms. The number of carbonyl (C=O) groups is 1. The van der Waals surface area contributed by atoms with E-state index >= 15 is 0 Å². The topological polar surface area (TPSA) is 78.2 Å². The Morgan fingerprint density at radius 1 is 1.11 bits per heavy atom. The summed E-state index contributed by atoms with van der Waals surface area (Å²) in [5, 5.41) is 8.77. The molecule has 4 rings (SSSR count). The largest absolute Gasteiger partial charge is 0.496 e. The number of ether oxygens (including phenoxy) is 1. The van der Waals surface area contributed by atoms with E-state index in [4.69, 9.17) is 4.74 Å². The highest BCUT2D eigenvalue weighted by atomic mass is 16.5. The van der Waals surface area contributed by atoms with Crippen LogP contribution in [0.25, 0.3) is 21.8 Å². The molecule has 2 heterocycles. The molecule has 1 amide bonds. The Morgan fingerprint density at radius 3 is 2.68 bits per heavy atom. The molecule has 7 heteroatoms. The summed E-state index contributed by atoms with van der Waals surface area (Å²) >= 11 is 0. The van der Waals surface area contributed by atoms with Gasteiger partial charge in [-0.05, 0) is 12.1 Å². The molecule has 2 aromatic carbocycles. The van der Waals surface area contributed by atoms with Crippen LogP contribution in [-0.4, -0.2) is 27.4 Å². The molecular formula is C21H20N4O3. The first-order valence-corrected chi connectivity index (χ1v) is 8.92. The lowest BCUT2D eigenvalue weighted by Crippen LogP contribution is -2.33. The number of nitrogens with zero attached hydrogens (tertiary/aromatic N) is 3. The molecule has 0 aliphatic carbocycles. The van der Waals surface area contributed by atoms with Gasteiger partial charge in [0.1, 0.15) is 17.8 Å². The molecule has 2 aromatic heterocycles. The zero-order chi connectivity index (χ0) is 19.7. The zero-order valence-corrected chi connectivity index (χ0v) is 15.7. The van der Waals surface area contributed by atoms with Crippen molar-refractivity contribution in [3.63, 3.8) is 0 Å². The van der Waals surface area contributed by atoms with Crippen molar-refractivity contribution < 1.29 is 9.53 Å². The summed E-state index contributed by atoms with van der Waals surface area (Å²) < 4.78 is 8.32. The normalized spacial score (nSPS) is 11.1. The van der Waals surface area contributed by atoms with E-state index in [0.717, 1.165) is 21.9 Å².